The molecule has 0 saturated carbocycles. The van der Waals surface area contributed by atoms with Gasteiger partial charge in [-0.3, -0.25) is 15.3 Å². The van der Waals surface area contributed by atoms with Crippen LogP contribution in [0.3, 0.4) is 0 Å². The smallest absolute Gasteiger partial charge is 0.407 e. The lowest BCUT2D eigenvalue weighted by Gasteiger charge is -2.39. The number of urea groups is 1. The van der Waals surface area contributed by atoms with Crippen molar-refractivity contribution in [3.05, 3.63) is 66.2 Å². The molecule has 3 amide bonds. The number of amides is 3. The van der Waals surface area contributed by atoms with Gasteiger partial charge >= 0.3 is 12.1 Å². The van der Waals surface area contributed by atoms with Crippen molar-refractivity contribution < 1.29 is 14.7 Å². The Morgan fingerprint density at radius 3 is 2.50 bits per heavy atom. The largest absolute Gasteiger partial charge is 0.465 e. The number of nitrogens with zero attached hydrogens (tertiary/aromatic N) is 4. The van der Waals surface area contributed by atoms with E-state index < -0.39 is 12.1 Å². The summed E-state index contributed by atoms with van der Waals surface area (Å²) in [6.07, 6.45) is 4.56. The standard InChI is InChI=1S/C21H20N6O3/c1-13-2-7-16(10-23-13)24-20(28)26-19-12-22-11-17(25-19)14-3-5-15(6-4-14)18-8-9-27(18)21(29)30/h2-7,10-12,18H,8-9H2,1H3,(H,29,30)(H2,24,25,26,28). The molecule has 30 heavy (non-hydrogen) atoms. The summed E-state index contributed by atoms with van der Waals surface area (Å²) < 4.78 is 0. The lowest BCUT2D eigenvalue weighted by Crippen LogP contribution is -2.44. The number of likely N-dealkylation sites (tertiary alicyclic amines) is 1. The number of aromatic nitrogens is 3. The molecule has 3 aromatic rings. The number of benzene rings is 1. The summed E-state index contributed by atoms with van der Waals surface area (Å²) in [5.41, 5.74) is 3.79. The van der Waals surface area contributed by atoms with Crippen LogP contribution < -0.4 is 10.6 Å². The molecule has 1 aromatic carbocycles. The van der Waals surface area contributed by atoms with Crippen molar-refractivity contribution in [2.45, 2.75) is 19.4 Å². The molecule has 0 aliphatic carbocycles. The highest BCUT2D eigenvalue weighted by Gasteiger charge is 2.33. The lowest BCUT2D eigenvalue weighted by atomic mass is 9.94. The van der Waals surface area contributed by atoms with E-state index in [1.54, 1.807) is 24.5 Å². The normalized spacial score (nSPS) is 15.2. The van der Waals surface area contributed by atoms with Crippen LogP contribution in [-0.2, 0) is 0 Å². The second kappa shape index (κ2) is 8.16. The zero-order valence-corrected chi connectivity index (χ0v) is 16.2. The fourth-order valence-electron chi connectivity index (χ4n) is 3.22. The summed E-state index contributed by atoms with van der Waals surface area (Å²) in [7, 11) is 0. The minimum Gasteiger partial charge on any atom is -0.465 e. The van der Waals surface area contributed by atoms with Crippen molar-refractivity contribution >= 4 is 23.6 Å². The first kappa shape index (κ1) is 19.3. The number of carbonyl (C=O) groups excluding carboxylic acids is 1. The first-order valence-corrected chi connectivity index (χ1v) is 9.42. The van der Waals surface area contributed by atoms with Crippen molar-refractivity contribution in [1.82, 2.24) is 19.9 Å². The van der Waals surface area contributed by atoms with E-state index >= 15 is 0 Å². The second-order valence-electron chi connectivity index (χ2n) is 6.96. The van der Waals surface area contributed by atoms with Gasteiger partial charge in [-0.25, -0.2) is 14.6 Å². The zero-order valence-electron chi connectivity index (χ0n) is 16.2. The van der Waals surface area contributed by atoms with Gasteiger partial charge in [-0.1, -0.05) is 24.3 Å². The van der Waals surface area contributed by atoms with E-state index in [0.717, 1.165) is 23.2 Å². The molecule has 0 radical (unpaired) electrons. The Hall–Kier alpha value is -4.01. The molecule has 1 atom stereocenters. The third-order valence-electron chi connectivity index (χ3n) is 4.90. The predicted molar refractivity (Wildman–Crippen MR) is 111 cm³/mol. The molecule has 9 nitrogen and oxygen atoms in total. The van der Waals surface area contributed by atoms with E-state index in [2.05, 4.69) is 25.6 Å². The topological polar surface area (TPSA) is 120 Å². The number of anilines is 2. The molecule has 3 N–H and O–H groups in total. The van der Waals surface area contributed by atoms with Crippen LogP contribution in [0.4, 0.5) is 21.1 Å². The molecule has 1 aliphatic heterocycles. The molecule has 152 valence electrons. The van der Waals surface area contributed by atoms with E-state index in [0.29, 0.717) is 23.7 Å². The summed E-state index contributed by atoms with van der Waals surface area (Å²) in [6.45, 7) is 2.42. The SMILES string of the molecule is Cc1ccc(NC(=O)Nc2cncc(-c3ccc(C4CCN4C(=O)O)cc3)n2)cn1. The summed E-state index contributed by atoms with van der Waals surface area (Å²) in [5.74, 6) is 0.310. The monoisotopic (exact) mass is 404 g/mol. The fraction of sp³-hybridized carbons (Fsp3) is 0.190. The maximum atomic E-state index is 12.2. The lowest BCUT2D eigenvalue weighted by molar-refractivity contribution is 0.0753. The summed E-state index contributed by atoms with van der Waals surface area (Å²) in [6, 6.07) is 10.6. The van der Waals surface area contributed by atoms with Gasteiger partial charge in [0.1, 0.15) is 0 Å². The molecule has 2 aromatic heterocycles. The minimum atomic E-state index is -0.903. The van der Waals surface area contributed by atoms with Crippen molar-refractivity contribution in [3.63, 3.8) is 0 Å². The Morgan fingerprint density at radius 2 is 1.87 bits per heavy atom. The van der Waals surface area contributed by atoms with Gasteiger partial charge in [0.2, 0.25) is 0 Å². The fourth-order valence-corrected chi connectivity index (χ4v) is 3.22. The van der Waals surface area contributed by atoms with Gasteiger partial charge in [0.05, 0.1) is 36.0 Å². The van der Waals surface area contributed by atoms with Crippen LogP contribution in [0.1, 0.15) is 23.7 Å². The number of nitrogens with one attached hydrogen (secondary N) is 2. The van der Waals surface area contributed by atoms with Gasteiger partial charge in [-0.15, -0.1) is 0 Å². The van der Waals surface area contributed by atoms with Gasteiger partial charge in [-0.05, 0) is 31.0 Å². The van der Waals surface area contributed by atoms with Crippen LogP contribution in [0.5, 0.6) is 0 Å². The first-order chi connectivity index (χ1) is 14.5. The number of carbonyl (C=O) groups is 2. The third kappa shape index (κ3) is 4.19. The first-order valence-electron chi connectivity index (χ1n) is 9.42. The Kier molecular flexibility index (Phi) is 5.25. The Bertz CT molecular complexity index is 1070. The average Bonchev–Trinajstić information content (AvgIpc) is 2.69. The number of hydrogen-bond donors (Lipinski definition) is 3. The number of hydrogen-bond acceptors (Lipinski definition) is 5. The number of carboxylic acid groups (broad SMARTS) is 1. The molecule has 0 bridgehead atoms. The molecule has 1 unspecified atom stereocenters. The van der Waals surface area contributed by atoms with E-state index in [-0.39, 0.29) is 6.04 Å². The molecular formula is C21H20N6O3. The molecule has 1 aliphatic rings. The van der Waals surface area contributed by atoms with E-state index in [4.69, 9.17) is 5.11 Å². The van der Waals surface area contributed by atoms with Crippen LogP contribution >= 0.6 is 0 Å². The third-order valence-corrected chi connectivity index (χ3v) is 4.90. The Labute approximate surface area is 172 Å². The highest BCUT2D eigenvalue weighted by molar-refractivity contribution is 5.99. The van der Waals surface area contributed by atoms with Crippen molar-refractivity contribution in [2.24, 2.45) is 0 Å². The summed E-state index contributed by atoms with van der Waals surface area (Å²) in [5, 5.41) is 14.5. The van der Waals surface area contributed by atoms with Crippen molar-refractivity contribution in [3.8, 4) is 11.3 Å². The van der Waals surface area contributed by atoms with Crippen molar-refractivity contribution in [1.29, 1.82) is 0 Å². The molecule has 4 rings (SSSR count). The quantitative estimate of drug-likeness (QED) is 0.606. The second-order valence-corrected chi connectivity index (χ2v) is 6.96. The maximum Gasteiger partial charge on any atom is 0.407 e. The predicted octanol–water partition coefficient (Wildman–Crippen LogP) is 3.92. The molecule has 1 saturated heterocycles. The molecule has 1 fully saturated rings. The summed E-state index contributed by atoms with van der Waals surface area (Å²) in [4.78, 5) is 37.5. The Balaban J connectivity index is 1.43. The average molecular weight is 404 g/mol. The zero-order chi connectivity index (χ0) is 21.1. The number of rotatable bonds is 4. The van der Waals surface area contributed by atoms with Crippen LogP contribution in [0.2, 0.25) is 0 Å². The van der Waals surface area contributed by atoms with E-state index in [9.17, 15) is 9.59 Å². The van der Waals surface area contributed by atoms with Crippen LogP contribution in [-0.4, -0.2) is 43.6 Å². The summed E-state index contributed by atoms with van der Waals surface area (Å²) >= 11 is 0. The highest BCUT2D eigenvalue weighted by atomic mass is 16.4. The molecule has 0 spiro atoms. The van der Waals surface area contributed by atoms with Gasteiger partial charge < -0.3 is 15.3 Å². The van der Waals surface area contributed by atoms with E-state index in [1.807, 2.05) is 31.2 Å². The number of pyridine rings is 1. The molecule has 9 heteroatoms. The van der Waals surface area contributed by atoms with Crippen LogP contribution in [0.15, 0.2) is 55.0 Å². The molecular weight excluding hydrogens is 384 g/mol. The van der Waals surface area contributed by atoms with Gasteiger partial charge in [0, 0.05) is 17.8 Å². The van der Waals surface area contributed by atoms with Crippen molar-refractivity contribution in [2.75, 3.05) is 17.2 Å². The molecule has 3 heterocycles. The van der Waals surface area contributed by atoms with Gasteiger partial charge in [-0.2, -0.15) is 0 Å². The Morgan fingerprint density at radius 1 is 1.07 bits per heavy atom. The highest BCUT2D eigenvalue weighted by Crippen LogP contribution is 2.34. The van der Waals surface area contributed by atoms with E-state index in [1.165, 1.54) is 11.1 Å². The van der Waals surface area contributed by atoms with Crippen LogP contribution in [0.25, 0.3) is 11.3 Å². The van der Waals surface area contributed by atoms with Gasteiger partial charge in [0.25, 0.3) is 0 Å². The number of aryl methyl sites for hydroxylation is 1. The minimum absolute atomic E-state index is 0.101. The van der Waals surface area contributed by atoms with Crippen LogP contribution in [0, 0.1) is 6.92 Å². The maximum absolute atomic E-state index is 12.2. The van der Waals surface area contributed by atoms with Gasteiger partial charge in [0.15, 0.2) is 5.82 Å².